The molecule has 0 aliphatic carbocycles. The Morgan fingerprint density at radius 1 is 1.12 bits per heavy atom. The van der Waals surface area contributed by atoms with E-state index in [4.69, 9.17) is 0 Å². The first kappa shape index (κ1) is 15.4. The average molecular weight is 320 g/mol. The third kappa shape index (κ3) is 2.53. The highest BCUT2D eigenvalue weighted by atomic mass is 16.2. The van der Waals surface area contributed by atoms with Crippen LogP contribution >= 0.6 is 0 Å². The minimum Gasteiger partial charge on any atom is -0.306 e. The fourth-order valence-electron chi connectivity index (χ4n) is 4.28. The van der Waals surface area contributed by atoms with E-state index in [1.54, 1.807) is 0 Å². The first-order valence-corrected chi connectivity index (χ1v) is 8.83. The number of amides is 1. The topological polar surface area (TPSA) is 23.6 Å². The van der Waals surface area contributed by atoms with Crippen molar-refractivity contribution in [2.24, 2.45) is 0 Å². The van der Waals surface area contributed by atoms with Crippen LogP contribution in [0, 0.1) is 6.92 Å². The van der Waals surface area contributed by atoms with Gasteiger partial charge in [-0.2, -0.15) is 0 Å². The first-order chi connectivity index (χ1) is 11.6. The Kier molecular flexibility index (Phi) is 3.89. The minimum absolute atomic E-state index is 0.137. The van der Waals surface area contributed by atoms with Crippen molar-refractivity contribution < 1.29 is 4.79 Å². The third-order valence-corrected chi connectivity index (χ3v) is 5.43. The number of benzene rings is 2. The van der Waals surface area contributed by atoms with Crippen LogP contribution in [0.1, 0.15) is 40.2 Å². The largest absolute Gasteiger partial charge is 0.306 e. The Morgan fingerprint density at radius 3 is 2.71 bits per heavy atom. The van der Waals surface area contributed by atoms with E-state index in [9.17, 15) is 4.79 Å². The molecule has 0 radical (unpaired) electrons. The second-order valence-electron chi connectivity index (χ2n) is 7.18. The van der Waals surface area contributed by atoms with Crippen LogP contribution in [0.15, 0.2) is 48.5 Å². The monoisotopic (exact) mass is 320 g/mol. The van der Waals surface area contributed by atoms with Gasteiger partial charge in [0, 0.05) is 29.8 Å². The molecule has 2 heterocycles. The van der Waals surface area contributed by atoms with E-state index in [0.29, 0.717) is 5.92 Å². The van der Waals surface area contributed by atoms with Gasteiger partial charge in [0.15, 0.2) is 0 Å². The molecule has 0 bridgehead atoms. The van der Waals surface area contributed by atoms with Gasteiger partial charge in [0.05, 0.1) is 0 Å². The quantitative estimate of drug-likeness (QED) is 0.797. The predicted molar refractivity (Wildman–Crippen MR) is 97.7 cm³/mol. The molecule has 2 aromatic rings. The van der Waals surface area contributed by atoms with Gasteiger partial charge in [0.1, 0.15) is 0 Å². The van der Waals surface area contributed by atoms with Gasteiger partial charge >= 0.3 is 0 Å². The Labute approximate surface area is 143 Å². The van der Waals surface area contributed by atoms with Crippen molar-refractivity contribution in [2.45, 2.75) is 31.7 Å². The Morgan fingerprint density at radius 2 is 1.92 bits per heavy atom. The fourth-order valence-corrected chi connectivity index (χ4v) is 4.28. The summed E-state index contributed by atoms with van der Waals surface area (Å²) >= 11 is 0. The van der Waals surface area contributed by atoms with Crippen LogP contribution in [0.4, 0.5) is 5.69 Å². The van der Waals surface area contributed by atoms with Crippen LogP contribution in [0.3, 0.4) is 0 Å². The maximum atomic E-state index is 13.3. The summed E-state index contributed by atoms with van der Waals surface area (Å²) in [6.07, 6.45) is 2.21. The van der Waals surface area contributed by atoms with E-state index < -0.39 is 0 Å². The van der Waals surface area contributed by atoms with Crippen molar-refractivity contribution in [3.63, 3.8) is 0 Å². The zero-order chi connectivity index (χ0) is 16.7. The van der Waals surface area contributed by atoms with Gasteiger partial charge < -0.3 is 9.80 Å². The summed E-state index contributed by atoms with van der Waals surface area (Å²) in [5.74, 6) is 0.554. The molecular weight excluding hydrogens is 296 g/mol. The van der Waals surface area contributed by atoms with Gasteiger partial charge in [0.2, 0.25) is 0 Å². The number of rotatable bonds is 1. The number of carbonyl (C=O) groups is 1. The molecule has 2 aliphatic rings. The molecule has 0 aromatic heterocycles. The van der Waals surface area contributed by atoms with Gasteiger partial charge in [-0.15, -0.1) is 0 Å². The van der Waals surface area contributed by atoms with Crippen LogP contribution < -0.4 is 4.90 Å². The highest BCUT2D eigenvalue weighted by Gasteiger charge is 2.42. The van der Waals surface area contributed by atoms with E-state index >= 15 is 0 Å². The molecule has 2 aromatic carbocycles. The predicted octanol–water partition coefficient (Wildman–Crippen LogP) is 3.83. The molecule has 2 atom stereocenters. The maximum Gasteiger partial charge on any atom is 0.258 e. The number of hydrogen-bond acceptors (Lipinski definition) is 2. The fraction of sp³-hybridized carbons (Fsp3) is 0.381. The Hall–Kier alpha value is -2.13. The van der Waals surface area contributed by atoms with E-state index in [1.807, 2.05) is 30.3 Å². The molecule has 4 rings (SSSR count). The SMILES string of the molecule is Cc1ccc2c(c1)[C@H]1CN(C)CCC[C@@H]1N2C(=O)c1ccccc1. The zero-order valence-electron chi connectivity index (χ0n) is 14.4. The molecule has 0 saturated carbocycles. The lowest BCUT2D eigenvalue weighted by atomic mass is 9.92. The second kappa shape index (κ2) is 6.06. The van der Waals surface area contributed by atoms with Crippen molar-refractivity contribution in [2.75, 3.05) is 25.0 Å². The summed E-state index contributed by atoms with van der Waals surface area (Å²) in [6.45, 7) is 4.28. The van der Waals surface area contributed by atoms with Crippen molar-refractivity contribution in [3.8, 4) is 0 Å². The summed E-state index contributed by atoms with van der Waals surface area (Å²) in [6, 6.07) is 16.5. The molecular formula is C21H24N2O. The van der Waals surface area contributed by atoms with Crippen LogP contribution in [0.5, 0.6) is 0 Å². The first-order valence-electron chi connectivity index (χ1n) is 8.83. The molecule has 2 aliphatic heterocycles. The summed E-state index contributed by atoms with van der Waals surface area (Å²) in [4.78, 5) is 17.7. The van der Waals surface area contributed by atoms with E-state index in [0.717, 1.165) is 37.2 Å². The molecule has 124 valence electrons. The minimum atomic E-state index is 0.137. The third-order valence-electron chi connectivity index (χ3n) is 5.43. The summed E-state index contributed by atoms with van der Waals surface area (Å²) < 4.78 is 0. The molecule has 3 nitrogen and oxygen atoms in total. The molecule has 1 saturated heterocycles. The van der Waals surface area contributed by atoms with E-state index in [2.05, 4.69) is 42.0 Å². The highest BCUT2D eigenvalue weighted by Crippen LogP contribution is 2.45. The number of likely N-dealkylation sites (tertiary alicyclic amines) is 1. The Balaban J connectivity index is 1.80. The maximum absolute atomic E-state index is 13.3. The van der Waals surface area contributed by atoms with Crippen molar-refractivity contribution in [1.29, 1.82) is 0 Å². The summed E-state index contributed by atoms with van der Waals surface area (Å²) in [7, 11) is 2.19. The standard InChI is InChI=1S/C21H24N2O/c1-15-10-11-20-17(13-15)18-14-22(2)12-6-9-19(18)23(20)21(24)16-7-4-3-5-8-16/h3-5,7-8,10-11,13,18-19H,6,9,12,14H2,1-2H3/t18-,19+/m1/s1. The Bertz CT molecular complexity index is 756. The van der Waals surface area contributed by atoms with Crippen LogP contribution in [-0.4, -0.2) is 37.0 Å². The molecule has 0 N–H and O–H groups in total. The van der Waals surface area contributed by atoms with Crippen LogP contribution in [0.2, 0.25) is 0 Å². The van der Waals surface area contributed by atoms with Gasteiger partial charge in [-0.05, 0) is 57.1 Å². The van der Waals surface area contributed by atoms with Crippen LogP contribution in [-0.2, 0) is 0 Å². The number of likely N-dealkylation sites (N-methyl/N-ethyl adjacent to an activating group) is 1. The molecule has 3 heteroatoms. The van der Waals surface area contributed by atoms with Crippen molar-refractivity contribution in [3.05, 3.63) is 65.2 Å². The summed E-state index contributed by atoms with van der Waals surface area (Å²) in [5.41, 5.74) is 4.51. The van der Waals surface area contributed by atoms with E-state index in [1.165, 1.54) is 11.1 Å². The van der Waals surface area contributed by atoms with Gasteiger partial charge in [-0.1, -0.05) is 35.9 Å². The van der Waals surface area contributed by atoms with Gasteiger partial charge in [-0.25, -0.2) is 0 Å². The summed E-state index contributed by atoms with van der Waals surface area (Å²) in [5, 5.41) is 0. The molecule has 0 spiro atoms. The molecule has 1 fully saturated rings. The van der Waals surface area contributed by atoms with Crippen molar-refractivity contribution >= 4 is 11.6 Å². The molecule has 0 unspecified atom stereocenters. The lowest BCUT2D eigenvalue weighted by Gasteiger charge is -2.28. The average Bonchev–Trinajstić information content (AvgIpc) is 2.74. The number of nitrogens with zero attached hydrogens (tertiary/aromatic N) is 2. The lowest BCUT2D eigenvalue weighted by molar-refractivity contribution is 0.0976. The normalized spacial score (nSPS) is 23.5. The van der Waals surface area contributed by atoms with Crippen LogP contribution in [0.25, 0.3) is 0 Å². The number of aryl methyl sites for hydroxylation is 1. The lowest BCUT2D eigenvalue weighted by Crippen LogP contribution is -2.40. The van der Waals surface area contributed by atoms with Gasteiger partial charge in [0.25, 0.3) is 5.91 Å². The second-order valence-corrected chi connectivity index (χ2v) is 7.18. The highest BCUT2D eigenvalue weighted by molar-refractivity contribution is 6.08. The number of fused-ring (bicyclic) bond motifs is 3. The number of carbonyl (C=O) groups excluding carboxylic acids is 1. The van der Waals surface area contributed by atoms with Gasteiger partial charge in [-0.3, -0.25) is 4.79 Å². The molecule has 24 heavy (non-hydrogen) atoms. The number of anilines is 1. The molecule has 1 amide bonds. The zero-order valence-corrected chi connectivity index (χ0v) is 14.4. The number of hydrogen-bond donors (Lipinski definition) is 0. The smallest absolute Gasteiger partial charge is 0.258 e. The van der Waals surface area contributed by atoms with Crippen molar-refractivity contribution in [1.82, 2.24) is 4.90 Å². The van der Waals surface area contributed by atoms with E-state index in [-0.39, 0.29) is 11.9 Å².